The van der Waals surface area contributed by atoms with Crippen LogP contribution in [0.2, 0.25) is 0 Å². The van der Waals surface area contributed by atoms with Crippen LogP contribution in [0.5, 0.6) is 5.75 Å². The number of carbonyl (C=O) groups excluding carboxylic acids is 2. The van der Waals surface area contributed by atoms with E-state index in [1.165, 1.54) is 6.92 Å². The van der Waals surface area contributed by atoms with E-state index in [0.717, 1.165) is 16.3 Å². The second-order valence-electron chi connectivity index (χ2n) is 3.63. The molecule has 0 spiro atoms. The van der Waals surface area contributed by atoms with E-state index in [4.69, 9.17) is 9.53 Å². The van der Waals surface area contributed by atoms with Gasteiger partial charge in [-0.3, -0.25) is 9.59 Å². The molecule has 0 saturated heterocycles. The molecular weight excluding hydrogens is 242 g/mol. The smallest absolute Gasteiger partial charge is 0.308 e. The molecule has 0 atom stereocenters. The van der Waals surface area contributed by atoms with E-state index in [0.29, 0.717) is 5.75 Å². The third-order valence-electron chi connectivity index (χ3n) is 2.39. The summed E-state index contributed by atoms with van der Waals surface area (Å²) in [5, 5.41) is 2.14. The molecule has 2 aromatic rings. The molecule has 0 aliphatic carbocycles. The van der Waals surface area contributed by atoms with E-state index in [2.05, 4.69) is 12.3 Å². The Morgan fingerprint density at radius 3 is 2.47 bits per heavy atom. The summed E-state index contributed by atoms with van der Waals surface area (Å²) in [4.78, 5) is 19.5. The topological polar surface area (TPSA) is 69.4 Å². The first-order chi connectivity index (χ1) is 9.13. The molecule has 4 heteroatoms. The van der Waals surface area contributed by atoms with Crippen LogP contribution in [-0.4, -0.2) is 12.4 Å². The Morgan fingerprint density at radius 2 is 1.89 bits per heavy atom. The van der Waals surface area contributed by atoms with Gasteiger partial charge in [0.1, 0.15) is 5.75 Å². The third-order valence-corrected chi connectivity index (χ3v) is 2.39. The van der Waals surface area contributed by atoms with Crippen LogP contribution in [0.25, 0.3) is 16.8 Å². The zero-order valence-corrected chi connectivity index (χ0v) is 10.6. The highest BCUT2D eigenvalue weighted by Gasteiger charge is 2.07. The zero-order valence-electron chi connectivity index (χ0n) is 10.6. The van der Waals surface area contributed by atoms with Gasteiger partial charge in [-0.2, -0.15) is 0 Å². The van der Waals surface area contributed by atoms with Crippen LogP contribution in [0.1, 0.15) is 12.5 Å². The van der Waals surface area contributed by atoms with Crippen LogP contribution in [0.15, 0.2) is 43.0 Å². The average molecular weight is 257 g/mol. The molecule has 0 radical (unpaired) electrons. The number of fused-ring (bicyclic) bond motifs is 1. The number of primary amides is 1. The standard InChI is InChI=1S/C14H12O2.CH3NO/c1-3-12-13-7-5-4-6-11(13)8-9-14(12)16-10(2)15;2-1-3/h3-9H,1H2,2H3;1H,(H2,2,3). The molecule has 19 heavy (non-hydrogen) atoms. The van der Waals surface area contributed by atoms with Crippen LogP contribution in [-0.2, 0) is 9.59 Å². The largest absolute Gasteiger partial charge is 0.426 e. The lowest BCUT2D eigenvalue weighted by Gasteiger charge is -2.08. The Hall–Kier alpha value is -2.62. The Bertz CT molecular complexity index is 605. The second kappa shape index (κ2) is 6.96. The Morgan fingerprint density at radius 1 is 1.26 bits per heavy atom. The fourth-order valence-electron chi connectivity index (χ4n) is 1.73. The predicted octanol–water partition coefficient (Wildman–Crippen LogP) is 2.51. The molecule has 98 valence electrons. The quantitative estimate of drug-likeness (QED) is 0.510. The number of hydrogen-bond acceptors (Lipinski definition) is 3. The second-order valence-corrected chi connectivity index (χ2v) is 3.63. The van der Waals surface area contributed by atoms with Crippen LogP contribution < -0.4 is 10.5 Å². The SMILES string of the molecule is C=Cc1c(OC(C)=O)ccc2ccccc12.NC=O. The minimum atomic E-state index is -0.321. The Balaban J connectivity index is 0.000000550. The molecule has 0 unspecified atom stereocenters. The maximum absolute atomic E-state index is 11.0. The summed E-state index contributed by atoms with van der Waals surface area (Å²) in [6, 6.07) is 11.6. The predicted molar refractivity (Wildman–Crippen MR) is 75.6 cm³/mol. The van der Waals surface area contributed by atoms with E-state index in [1.807, 2.05) is 30.3 Å². The Kier molecular flexibility index (Phi) is 5.29. The maximum Gasteiger partial charge on any atom is 0.308 e. The summed E-state index contributed by atoms with van der Waals surface area (Å²) in [5.41, 5.74) is 5.02. The molecule has 0 saturated carbocycles. The molecule has 4 nitrogen and oxygen atoms in total. The van der Waals surface area contributed by atoms with Gasteiger partial charge in [-0.25, -0.2) is 0 Å². The van der Waals surface area contributed by atoms with E-state index >= 15 is 0 Å². The number of rotatable bonds is 2. The minimum Gasteiger partial charge on any atom is -0.426 e. The number of nitrogens with two attached hydrogens (primary N) is 1. The first kappa shape index (κ1) is 14.4. The third kappa shape index (κ3) is 3.67. The van der Waals surface area contributed by atoms with Gasteiger partial charge in [0.25, 0.3) is 0 Å². The van der Waals surface area contributed by atoms with Crippen molar-refractivity contribution in [2.45, 2.75) is 6.92 Å². The number of carbonyl (C=O) groups is 2. The summed E-state index contributed by atoms with van der Waals surface area (Å²) in [6.07, 6.45) is 1.96. The number of esters is 1. The highest BCUT2D eigenvalue weighted by atomic mass is 16.5. The molecular formula is C15H15NO3. The Labute approximate surface area is 111 Å². The lowest BCUT2D eigenvalue weighted by Crippen LogP contribution is -2.02. The van der Waals surface area contributed by atoms with Crippen molar-refractivity contribution in [2.24, 2.45) is 5.73 Å². The highest BCUT2D eigenvalue weighted by molar-refractivity contribution is 5.93. The first-order valence-corrected chi connectivity index (χ1v) is 5.62. The monoisotopic (exact) mass is 257 g/mol. The fourth-order valence-corrected chi connectivity index (χ4v) is 1.73. The number of amides is 1. The van der Waals surface area contributed by atoms with Gasteiger partial charge in [0.2, 0.25) is 6.41 Å². The molecule has 0 aromatic heterocycles. The van der Waals surface area contributed by atoms with Gasteiger partial charge in [-0.05, 0) is 16.8 Å². The summed E-state index contributed by atoms with van der Waals surface area (Å²) >= 11 is 0. The fraction of sp³-hybridized carbons (Fsp3) is 0.0667. The van der Waals surface area contributed by atoms with Gasteiger partial charge in [-0.1, -0.05) is 43.0 Å². The summed E-state index contributed by atoms with van der Waals surface area (Å²) < 4.78 is 5.13. The lowest BCUT2D eigenvalue weighted by atomic mass is 10.0. The molecule has 0 fully saturated rings. The highest BCUT2D eigenvalue weighted by Crippen LogP contribution is 2.28. The van der Waals surface area contributed by atoms with Crippen molar-refractivity contribution in [1.82, 2.24) is 0 Å². The van der Waals surface area contributed by atoms with Gasteiger partial charge >= 0.3 is 5.97 Å². The molecule has 1 amide bonds. The number of ether oxygens (including phenoxy) is 1. The molecule has 0 aliphatic rings. The van der Waals surface area contributed by atoms with Gasteiger partial charge in [0, 0.05) is 12.5 Å². The normalized spacial score (nSPS) is 9.11. The van der Waals surface area contributed by atoms with Crippen molar-refractivity contribution < 1.29 is 14.3 Å². The van der Waals surface area contributed by atoms with E-state index < -0.39 is 0 Å². The van der Waals surface area contributed by atoms with Gasteiger partial charge in [-0.15, -0.1) is 0 Å². The molecule has 0 heterocycles. The van der Waals surface area contributed by atoms with Crippen LogP contribution in [0.3, 0.4) is 0 Å². The van der Waals surface area contributed by atoms with Gasteiger partial charge < -0.3 is 10.5 Å². The lowest BCUT2D eigenvalue weighted by molar-refractivity contribution is -0.131. The van der Waals surface area contributed by atoms with Crippen molar-refractivity contribution >= 4 is 29.2 Å². The zero-order chi connectivity index (χ0) is 14.3. The number of hydrogen-bond donors (Lipinski definition) is 1. The van der Waals surface area contributed by atoms with Crippen LogP contribution in [0.4, 0.5) is 0 Å². The van der Waals surface area contributed by atoms with Crippen LogP contribution >= 0.6 is 0 Å². The maximum atomic E-state index is 11.0. The molecule has 0 aliphatic heterocycles. The number of benzene rings is 2. The molecule has 2 rings (SSSR count). The van der Waals surface area contributed by atoms with Crippen molar-refractivity contribution in [2.75, 3.05) is 0 Å². The van der Waals surface area contributed by atoms with Crippen molar-refractivity contribution in [3.63, 3.8) is 0 Å². The van der Waals surface area contributed by atoms with Crippen LogP contribution in [0, 0.1) is 0 Å². The molecule has 2 aromatic carbocycles. The van der Waals surface area contributed by atoms with Crippen molar-refractivity contribution in [1.29, 1.82) is 0 Å². The minimum absolute atomic E-state index is 0.250. The molecule has 2 N–H and O–H groups in total. The van der Waals surface area contributed by atoms with E-state index in [-0.39, 0.29) is 12.4 Å². The van der Waals surface area contributed by atoms with Gasteiger partial charge in [0.05, 0.1) is 0 Å². The summed E-state index contributed by atoms with van der Waals surface area (Å²) in [7, 11) is 0. The first-order valence-electron chi connectivity index (χ1n) is 5.62. The van der Waals surface area contributed by atoms with Gasteiger partial charge in [0.15, 0.2) is 0 Å². The average Bonchev–Trinajstić information content (AvgIpc) is 2.39. The van der Waals surface area contributed by atoms with E-state index in [9.17, 15) is 4.79 Å². The molecule has 0 bridgehead atoms. The summed E-state index contributed by atoms with van der Waals surface area (Å²) in [5.74, 6) is 0.236. The summed E-state index contributed by atoms with van der Waals surface area (Å²) in [6.45, 7) is 5.15. The van der Waals surface area contributed by atoms with Crippen molar-refractivity contribution in [3.05, 3.63) is 48.5 Å². The van der Waals surface area contributed by atoms with E-state index in [1.54, 1.807) is 12.1 Å². The van der Waals surface area contributed by atoms with Crippen molar-refractivity contribution in [3.8, 4) is 5.75 Å².